The number of aromatic amines is 1. The van der Waals surface area contributed by atoms with E-state index in [4.69, 9.17) is 0 Å². The summed E-state index contributed by atoms with van der Waals surface area (Å²) in [4.78, 5) is 14.9. The molecule has 0 saturated carbocycles. The molecule has 0 amide bonds. The summed E-state index contributed by atoms with van der Waals surface area (Å²) < 4.78 is 0.773. The highest BCUT2D eigenvalue weighted by atomic mass is 32.1. The summed E-state index contributed by atoms with van der Waals surface area (Å²) in [5, 5.41) is 27.8. The van der Waals surface area contributed by atoms with Gasteiger partial charge in [0.2, 0.25) is 0 Å². The third-order valence-electron chi connectivity index (χ3n) is 2.78. The van der Waals surface area contributed by atoms with Crippen molar-refractivity contribution >= 4 is 32.9 Å². The van der Waals surface area contributed by atoms with E-state index in [0.29, 0.717) is 17.0 Å². The van der Waals surface area contributed by atoms with Crippen molar-refractivity contribution in [3.05, 3.63) is 33.6 Å². The van der Waals surface area contributed by atoms with Crippen molar-refractivity contribution in [1.82, 2.24) is 25.6 Å². The van der Waals surface area contributed by atoms with Crippen LogP contribution in [0.1, 0.15) is 18.8 Å². The van der Waals surface area contributed by atoms with Gasteiger partial charge in [0.05, 0.1) is 21.2 Å². The lowest BCUT2D eigenvalue weighted by atomic mass is 10.2. The Kier molecular flexibility index (Phi) is 2.99. The number of nitro groups is 1. The molecule has 2 heterocycles. The van der Waals surface area contributed by atoms with E-state index in [1.54, 1.807) is 24.6 Å². The van der Waals surface area contributed by atoms with Crippen LogP contribution in [0.2, 0.25) is 0 Å². The zero-order chi connectivity index (χ0) is 14.1. The van der Waals surface area contributed by atoms with Gasteiger partial charge >= 0.3 is 5.69 Å². The molecule has 0 aliphatic heterocycles. The van der Waals surface area contributed by atoms with Gasteiger partial charge in [0.25, 0.3) is 0 Å². The summed E-state index contributed by atoms with van der Waals surface area (Å²) in [5.74, 6) is 0.428. The Balaban J connectivity index is 2.02. The van der Waals surface area contributed by atoms with Gasteiger partial charge in [-0.1, -0.05) is 5.21 Å². The van der Waals surface area contributed by atoms with Gasteiger partial charge in [-0.15, -0.1) is 21.5 Å². The van der Waals surface area contributed by atoms with Crippen molar-refractivity contribution < 1.29 is 4.92 Å². The van der Waals surface area contributed by atoms with Gasteiger partial charge in [-0.05, 0) is 19.1 Å². The minimum Gasteiger partial charge on any atom is -0.370 e. The highest BCUT2D eigenvalue weighted by molar-refractivity contribution is 7.16. The summed E-state index contributed by atoms with van der Waals surface area (Å²) in [6.07, 6.45) is 0. The van der Waals surface area contributed by atoms with Crippen LogP contribution in [0.3, 0.4) is 0 Å². The third kappa shape index (κ3) is 2.05. The van der Waals surface area contributed by atoms with Crippen LogP contribution in [-0.4, -0.2) is 30.5 Å². The summed E-state index contributed by atoms with van der Waals surface area (Å²) in [6.45, 7) is 1.79. The lowest BCUT2D eigenvalue weighted by Gasteiger charge is -2.11. The summed E-state index contributed by atoms with van der Waals surface area (Å²) in [6, 6.07) is 3.14. The molecule has 0 fully saturated rings. The van der Waals surface area contributed by atoms with E-state index in [1.807, 2.05) is 0 Å². The Morgan fingerprint density at radius 2 is 2.35 bits per heavy atom. The average molecular weight is 291 g/mol. The quantitative estimate of drug-likeness (QED) is 0.555. The number of benzene rings is 1. The normalized spacial score (nSPS) is 12.4. The highest BCUT2D eigenvalue weighted by Crippen LogP contribution is 2.35. The van der Waals surface area contributed by atoms with Gasteiger partial charge in [-0.2, -0.15) is 5.21 Å². The number of H-pyrrole nitrogens is 1. The number of hydrogen-bond acceptors (Lipinski definition) is 8. The summed E-state index contributed by atoms with van der Waals surface area (Å²) in [7, 11) is 0. The van der Waals surface area contributed by atoms with Gasteiger partial charge in [-0.3, -0.25) is 10.1 Å². The van der Waals surface area contributed by atoms with Crippen molar-refractivity contribution in [2.75, 3.05) is 5.32 Å². The zero-order valence-electron chi connectivity index (χ0n) is 10.3. The Morgan fingerprint density at radius 1 is 1.50 bits per heavy atom. The van der Waals surface area contributed by atoms with Crippen molar-refractivity contribution in [1.29, 1.82) is 0 Å². The molecule has 1 atom stereocenters. The van der Waals surface area contributed by atoms with Crippen LogP contribution in [0.5, 0.6) is 0 Å². The van der Waals surface area contributed by atoms with E-state index in [9.17, 15) is 10.1 Å². The lowest BCUT2D eigenvalue weighted by molar-refractivity contribution is -0.382. The van der Waals surface area contributed by atoms with Crippen LogP contribution >= 0.6 is 11.3 Å². The van der Waals surface area contributed by atoms with Crippen LogP contribution < -0.4 is 5.32 Å². The molecule has 3 rings (SSSR count). The maximum absolute atomic E-state index is 11.3. The first-order chi connectivity index (χ1) is 9.66. The number of rotatable bonds is 4. The van der Waals surface area contributed by atoms with Crippen LogP contribution in [0.4, 0.5) is 11.4 Å². The molecule has 20 heavy (non-hydrogen) atoms. The van der Waals surface area contributed by atoms with Crippen molar-refractivity contribution in [3.8, 4) is 0 Å². The van der Waals surface area contributed by atoms with Crippen LogP contribution in [0.25, 0.3) is 10.2 Å². The van der Waals surface area contributed by atoms with Gasteiger partial charge in [0.1, 0.15) is 5.69 Å². The van der Waals surface area contributed by atoms with Crippen LogP contribution in [0, 0.1) is 10.1 Å². The topological polar surface area (TPSA) is 123 Å². The minimum absolute atomic E-state index is 0.0425. The molecular formula is C10H9N7O2S. The number of hydrogen-bond donors (Lipinski definition) is 2. The van der Waals surface area contributed by atoms with Gasteiger partial charge in [0, 0.05) is 0 Å². The molecule has 1 aromatic carbocycles. The second kappa shape index (κ2) is 4.81. The molecule has 0 bridgehead atoms. The number of fused-ring (bicyclic) bond motifs is 1. The van der Waals surface area contributed by atoms with Gasteiger partial charge < -0.3 is 5.32 Å². The molecule has 102 valence electrons. The Labute approximate surface area is 116 Å². The Hall–Kier alpha value is -2.62. The molecule has 0 spiro atoms. The maximum Gasteiger partial charge on any atom is 0.319 e. The second-order valence-electron chi connectivity index (χ2n) is 4.05. The van der Waals surface area contributed by atoms with E-state index in [-0.39, 0.29) is 11.7 Å². The monoisotopic (exact) mass is 291 g/mol. The first-order valence-electron chi connectivity index (χ1n) is 5.67. The molecule has 1 unspecified atom stereocenters. The van der Waals surface area contributed by atoms with Crippen LogP contribution in [0.15, 0.2) is 17.6 Å². The number of nitrogens with one attached hydrogen (secondary N) is 2. The third-order valence-corrected chi connectivity index (χ3v) is 3.57. The summed E-state index contributed by atoms with van der Waals surface area (Å²) in [5.41, 5.74) is 2.31. The molecule has 3 aromatic rings. The first kappa shape index (κ1) is 12.4. The standard InChI is InChI=1S/C10H9N7O2S/c1-5(10-13-15-16-14-10)12-6-2-3-7-8(11-4-20-7)9(6)17(18)19/h2-5,12H,1H3,(H,13,14,15,16). The Morgan fingerprint density at radius 3 is 3.05 bits per heavy atom. The predicted molar refractivity (Wildman–Crippen MR) is 72.5 cm³/mol. The van der Waals surface area contributed by atoms with E-state index in [2.05, 4.69) is 30.9 Å². The fraction of sp³-hybridized carbons (Fsp3) is 0.200. The summed E-state index contributed by atoms with van der Waals surface area (Å²) >= 11 is 1.36. The van der Waals surface area contributed by atoms with Gasteiger partial charge in [0.15, 0.2) is 11.3 Å². The van der Waals surface area contributed by atoms with Crippen molar-refractivity contribution in [3.63, 3.8) is 0 Å². The molecule has 10 heteroatoms. The molecule has 0 aliphatic carbocycles. The fourth-order valence-corrected chi connectivity index (χ4v) is 2.55. The number of tetrazole rings is 1. The smallest absolute Gasteiger partial charge is 0.319 e. The van der Waals surface area contributed by atoms with E-state index in [0.717, 1.165) is 4.70 Å². The number of nitro benzene ring substituents is 1. The van der Waals surface area contributed by atoms with E-state index in [1.165, 1.54) is 11.3 Å². The largest absolute Gasteiger partial charge is 0.370 e. The maximum atomic E-state index is 11.3. The first-order valence-corrected chi connectivity index (χ1v) is 6.55. The van der Waals surface area contributed by atoms with Crippen molar-refractivity contribution in [2.24, 2.45) is 0 Å². The number of nitrogens with zero attached hydrogens (tertiary/aromatic N) is 5. The molecule has 2 aromatic heterocycles. The average Bonchev–Trinajstić information content (AvgIpc) is 3.08. The highest BCUT2D eigenvalue weighted by Gasteiger charge is 2.22. The lowest BCUT2D eigenvalue weighted by Crippen LogP contribution is -2.10. The Bertz CT molecular complexity index is 754. The molecular weight excluding hydrogens is 282 g/mol. The SMILES string of the molecule is CC(Nc1ccc2scnc2c1[N+](=O)[O-])c1nn[nH]n1. The number of anilines is 1. The van der Waals surface area contributed by atoms with E-state index < -0.39 is 4.92 Å². The number of aromatic nitrogens is 5. The fourth-order valence-electron chi connectivity index (χ4n) is 1.87. The predicted octanol–water partition coefficient (Wildman–Crippen LogP) is 1.89. The molecule has 0 radical (unpaired) electrons. The van der Waals surface area contributed by atoms with E-state index >= 15 is 0 Å². The molecule has 0 saturated heterocycles. The van der Waals surface area contributed by atoms with Crippen molar-refractivity contribution in [2.45, 2.75) is 13.0 Å². The number of thiazole rings is 1. The molecule has 2 N–H and O–H groups in total. The zero-order valence-corrected chi connectivity index (χ0v) is 11.1. The molecule has 0 aliphatic rings. The van der Waals surface area contributed by atoms with Gasteiger partial charge in [-0.25, -0.2) is 4.98 Å². The second-order valence-corrected chi connectivity index (χ2v) is 4.94. The molecule has 9 nitrogen and oxygen atoms in total. The van der Waals surface area contributed by atoms with Crippen LogP contribution in [-0.2, 0) is 0 Å². The minimum atomic E-state index is -0.437.